The SMILES string of the molecule is CN(C)CCOc1ccc(/C(=C(/c2ccccc2)C2CO2)c2ccccc2)cc1. The van der Waals surface area contributed by atoms with Gasteiger partial charge in [-0.2, -0.15) is 0 Å². The molecule has 0 aromatic heterocycles. The normalized spacial score (nSPS) is 16.4. The molecule has 0 aliphatic carbocycles. The van der Waals surface area contributed by atoms with E-state index in [0.29, 0.717) is 6.61 Å². The van der Waals surface area contributed by atoms with E-state index in [1.807, 2.05) is 0 Å². The topological polar surface area (TPSA) is 25.0 Å². The predicted molar refractivity (Wildman–Crippen MR) is 119 cm³/mol. The lowest BCUT2D eigenvalue weighted by atomic mass is 9.88. The molecule has 0 saturated carbocycles. The lowest BCUT2D eigenvalue weighted by Crippen LogP contribution is -2.19. The van der Waals surface area contributed by atoms with Crippen molar-refractivity contribution >= 4 is 11.1 Å². The van der Waals surface area contributed by atoms with Gasteiger partial charge in [-0.05, 0) is 54.1 Å². The second-order valence-corrected chi connectivity index (χ2v) is 7.52. The Balaban J connectivity index is 1.74. The molecule has 1 atom stereocenters. The third kappa shape index (κ3) is 4.94. The number of ether oxygens (including phenoxy) is 2. The van der Waals surface area contributed by atoms with Gasteiger partial charge in [-0.3, -0.25) is 0 Å². The van der Waals surface area contributed by atoms with Crippen LogP contribution in [0, 0.1) is 0 Å². The molecule has 3 heteroatoms. The fourth-order valence-electron chi connectivity index (χ4n) is 3.47. The molecule has 3 nitrogen and oxygen atoms in total. The Hall–Kier alpha value is -2.88. The molecule has 1 aliphatic rings. The summed E-state index contributed by atoms with van der Waals surface area (Å²) in [6, 6.07) is 29.5. The first-order chi connectivity index (χ1) is 14.2. The maximum atomic E-state index is 5.88. The van der Waals surface area contributed by atoms with Crippen molar-refractivity contribution in [3.05, 3.63) is 102 Å². The van der Waals surface area contributed by atoms with Gasteiger partial charge in [0.15, 0.2) is 0 Å². The molecule has 29 heavy (non-hydrogen) atoms. The van der Waals surface area contributed by atoms with Crippen LogP contribution in [0.25, 0.3) is 11.1 Å². The number of benzene rings is 3. The van der Waals surface area contributed by atoms with E-state index >= 15 is 0 Å². The molecule has 1 unspecified atom stereocenters. The van der Waals surface area contributed by atoms with Gasteiger partial charge in [0.05, 0.1) is 6.61 Å². The lowest BCUT2D eigenvalue weighted by Gasteiger charge is -2.17. The highest BCUT2D eigenvalue weighted by molar-refractivity contribution is 6.00. The van der Waals surface area contributed by atoms with Gasteiger partial charge in [0, 0.05) is 6.54 Å². The highest BCUT2D eigenvalue weighted by Crippen LogP contribution is 2.39. The standard InChI is InChI=1S/C26H27NO2/c1-27(2)17-18-28-23-15-13-22(14-16-23)25(20-9-5-3-6-10-20)26(24-19-29-24)21-11-7-4-8-12-21/h3-16,24H,17-19H2,1-2H3/b26-25-. The molecule has 1 aliphatic heterocycles. The molecule has 0 amide bonds. The van der Waals surface area contributed by atoms with Crippen LogP contribution in [-0.2, 0) is 4.74 Å². The van der Waals surface area contributed by atoms with Crippen molar-refractivity contribution in [2.24, 2.45) is 0 Å². The molecule has 1 fully saturated rings. The first-order valence-electron chi connectivity index (χ1n) is 10.1. The number of likely N-dealkylation sites (N-methyl/N-ethyl adjacent to an activating group) is 1. The van der Waals surface area contributed by atoms with E-state index in [1.54, 1.807) is 0 Å². The molecule has 1 saturated heterocycles. The minimum absolute atomic E-state index is 0.142. The Bertz CT molecular complexity index is 943. The van der Waals surface area contributed by atoms with Crippen molar-refractivity contribution in [1.82, 2.24) is 4.90 Å². The molecule has 1 heterocycles. The van der Waals surface area contributed by atoms with Crippen molar-refractivity contribution in [2.75, 3.05) is 33.9 Å². The van der Waals surface area contributed by atoms with Crippen LogP contribution in [-0.4, -0.2) is 44.9 Å². The zero-order valence-corrected chi connectivity index (χ0v) is 17.0. The Morgan fingerprint density at radius 1 is 0.828 bits per heavy atom. The first-order valence-corrected chi connectivity index (χ1v) is 10.1. The second-order valence-electron chi connectivity index (χ2n) is 7.52. The highest BCUT2D eigenvalue weighted by Gasteiger charge is 2.31. The molecular formula is C26H27NO2. The summed E-state index contributed by atoms with van der Waals surface area (Å²) in [7, 11) is 4.10. The van der Waals surface area contributed by atoms with E-state index in [2.05, 4.69) is 104 Å². The summed E-state index contributed by atoms with van der Waals surface area (Å²) >= 11 is 0. The van der Waals surface area contributed by atoms with E-state index in [0.717, 1.165) is 18.9 Å². The van der Waals surface area contributed by atoms with Gasteiger partial charge < -0.3 is 14.4 Å². The number of nitrogens with zero attached hydrogens (tertiary/aromatic N) is 1. The summed E-state index contributed by atoms with van der Waals surface area (Å²) in [5, 5.41) is 0. The summed E-state index contributed by atoms with van der Waals surface area (Å²) in [6.07, 6.45) is 0.142. The van der Waals surface area contributed by atoms with Gasteiger partial charge in [-0.1, -0.05) is 72.8 Å². The van der Waals surface area contributed by atoms with Gasteiger partial charge in [0.25, 0.3) is 0 Å². The van der Waals surface area contributed by atoms with Crippen LogP contribution in [0.3, 0.4) is 0 Å². The first kappa shape index (κ1) is 19.4. The van der Waals surface area contributed by atoms with Crippen LogP contribution in [0.15, 0.2) is 84.9 Å². The summed E-state index contributed by atoms with van der Waals surface area (Å²) in [4.78, 5) is 2.12. The van der Waals surface area contributed by atoms with E-state index in [-0.39, 0.29) is 6.10 Å². The smallest absolute Gasteiger partial charge is 0.119 e. The Kier molecular flexibility index (Phi) is 6.09. The van der Waals surface area contributed by atoms with Gasteiger partial charge >= 0.3 is 0 Å². The van der Waals surface area contributed by atoms with Gasteiger partial charge in [-0.25, -0.2) is 0 Å². The average Bonchev–Trinajstić information content (AvgIpc) is 3.59. The van der Waals surface area contributed by atoms with Crippen LogP contribution in [0.1, 0.15) is 16.7 Å². The van der Waals surface area contributed by atoms with Gasteiger partial charge in [0.2, 0.25) is 0 Å². The van der Waals surface area contributed by atoms with E-state index in [4.69, 9.17) is 9.47 Å². The third-order valence-electron chi connectivity index (χ3n) is 5.02. The fourth-order valence-corrected chi connectivity index (χ4v) is 3.47. The van der Waals surface area contributed by atoms with Gasteiger partial charge in [0.1, 0.15) is 18.5 Å². The van der Waals surface area contributed by atoms with Crippen molar-refractivity contribution < 1.29 is 9.47 Å². The largest absolute Gasteiger partial charge is 0.492 e. The zero-order valence-electron chi connectivity index (χ0n) is 17.0. The number of rotatable bonds is 8. The van der Waals surface area contributed by atoms with Crippen LogP contribution in [0.5, 0.6) is 5.75 Å². The number of epoxide rings is 1. The van der Waals surface area contributed by atoms with Crippen LogP contribution < -0.4 is 4.74 Å². The number of hydrogen-bond acceptors (Lipinski definition) is 3. The molecule has 148 valence electrons. The minimum atomic E-state index is 0.142. The fraction of sp³-hybridized carbons (Fsp3) is 0.231. The molecule has 0 N–H and O–H groups in total. The summed E-state index contributed by atoms with van der Waals surface area (Å²) in [5.41, 5.74) is 6.05. The van der Waals surface area contributed by atoms with E-state index in [1.165, 1.54) is 27.8 Å². The maximum Gasteiger partial charge on any atom is 0.119 e. The average molecular weight is 386 g/mol. The Morgan fingerprint density at radius 3 is 1.93 bits per heavy atom. The molecular weight excluding hydrogens is 358 g/mol. The van der Waals surface area contributed by atoms with Crippen molar-refractivity contribution in [3.8, 4) is 5.75 Å². The Labute approximate surface area is 173 Å². The molecule has 0 spiro atoms. The summed E-state index contributed by atoms with van der Waals surface area (Å²) < 4.78 is 11.6. The maximum absolute atomic E-state index is 5.88. The molecule has 3 aromatic rings. The monoisotopic (exact) mass is 385 g/mol. The number of hydrogen-bond donors (Lipinski definition) is 0. The molecule has 0 bridgehead atoms. The quantitative estimate of drug-likeness (QED) is 0.404. The summed E-state index contributed by atoms with van der Waals surface area (Å²) in [5.74, 6) is 0.895. The van der Waals surface area contributed by atoms with Crippen LogP contribution >= 0.6 is 0 Å². The minimum Gasteiger partial charge on any atom is -0.492 e. The van der Waals surface area contributed by atoms with Crippen molar-refractivity contribution in [1.29, 1.82) is 0 Å². The van der Waals surface area contributed by atoms with Crippen molar-refractivity contribution in [2.45, 2.75) is 6.10 Å². The predicted octanol–water partition coefficient (Wildman–Crippen LogP) is 4.98. The molecule has 0 radical (unpaired) electrons. The molecule has 4 rings (SSSR count). The lowest BCUT2D eigenvalue weighted by molar-refractivity contribution is 0.261. The second kappa shape index (κ2) is 9.08. The third-order valence-corrected chi connectivity index (χ3v) is 5.02. The van der Waals surface area contributed by atoms with Gasteiger partial charge in [-0.15, -0.1) is 0 Å². The van der Waals surface area contributed by atoms with E-state index in [9.17, 15) is 0 Å². The van der Waals surface area contributed by atoms with Crippen LogP contribution in [0.2, 0.25) is 0 Å². The summed E-state index contributed by atoms with van der Waals surface area (Å²) in [6.45, 7) is 2.35. The highest BCUT2D eigenvalue weighted by atomic mass is 16.6. The molecule has 3 aromatic carbocycles. The van der Waals surface area contributed by atoms with Crippen molar-refractivity contribution in [3.63, 3.8) is 0 Å². The zero-order chi connectivity index (χ0) is 20.1. The van der Waals surface area contributed by atoms with Crippen LogP contribution in [0.4, 0.5) is 0 Å². The van der Waals surface area contributed by atoms with E-state index < -0.39 is 0 Å². The Morgan fingerprint density at radius 2 is 1.38 bits per heavy atom.